The number of aromatic nitrogens is 2. The van der Waals surface area contributed by atoms with E-state index in [9.17, 15) is 4.21 Å². The Hall–Kier alpha value is -0.640. The highest BCUT2D eigenvalue weighted by Gasteiger charge is 1.91. The second-order valence-corrected chi connectivity index (χ2v) is 3.63. The van der Waals surface area contributed by atoms with E-state index in [0.29, 0.717) is 5.75 Å². The van der Waals surface area contributed by atoms with Crippen LogP contribution in [0.3, 0.4) is 0 Å². The lowest BCUT2D eigenvalue weighted by molar-refractivity contribution is 0.677. The minimum atomic E-state index is -0.699. The van der Waals surface area contributed by atoms with Crippen LogP contribution in [0.2, 0.25) is 0 Å². The molecule has 4 heteroatoms. The first kappa shape index (κ1) is 7.47. The predicted octanol–water partition coefficient (Wildman–Crippen LogP) is 0.262. The van der Waals surface area contributed by atoms with Crippen LogP contribution < -0.4 is 0 Å². The first-order valence-electron chi connectivity index (χ1n) is 3.05. The van der Waals surface area contributed by atoms with Gasteiger partial charge < -0.3 is 4.57 Å². The highest BCUT2D eigenvalue weighted by atomic mass is 32.2. The molecule has 1 heterocycles. The molecule has 0 aromatic carbocycles. The van der Waals surface area contributed by atoms with Crippen LogP contribution in [0.1, 0.15) is 0 Å². The summed E-state index contributed by atoms with van der Waals surface area (Å²) in [4.78, 5) is 3.86. The van der Waals surface area contributed by atoms with Gasteiger partial charge in [0.2, 0.25) is 0 Å². The van der Waals surface area contributed by atoms with Gasteiger partial charge in [0.1, 0.15) is 0 Å². The van der Waals surface area contributed by atoms with Gasteiger partial charge in [-0.1, -0.05) is 0 Å². The van der Waals surface area contributed by atoms with Crippen LogP contribution in [0.4, 0.5) is 0 Å². The van der Waals surface area contributed by atoms with Crippen LogP contribution in [0.5, 0.6) is 0 Å². The average molecular weight is 158 g/mol. The molecule has 0 aliphatic heterocycles. The molecule has 1 rings (SSSR count). The van der Waals surface area contributed by atoms with Crippen molar-refractivity contribution < 1.29 is 4.21 Å². The standard InChI is InChI=1S/C6H10N2OS/c1-10(9)5-4-8-3-2-7-6-8/h2-3,6H,4-5H2,1H3. The van der Waals surface area contributed by atoms with Crippen molar-refractivity contribution in [3.05, 3.63) is 18.7 Å². The summed E-state index contributed by atoms with van der Waals surface area (Å²) >= 11 is 0. The third kappa shape index (κ3) is 2.31. The Morgan fingerprint density at radius 2 is 2.50 bits per heavy atom. The van der Waals surface area contributed by atoms with Crippen molar-refractivity contribution >= 4 is 10.8 Å². The fraction of sp³-hybridized carbons (Fsp3) is 0.500. The average Bonchev–Trinajstić information content (AvgIpc) is 2.34. The van der Waals surface area contributed by atoms with E-state index < -0.39 is 10.8 Å². The molecule has 56 valence electrons. The molecule has 1 aromatic heterocycles. The molecule has 1 atom stereocenters. The highest BCUT2D eigenvalue weighted by Crippen LogP contribution is 1.86. The van der Waals surface area contributed by atoms with Crippen LogP contribution in [0.15, 0.2) is 18.7 Å². The first-order valence-corrected chi connectivity index (χ1v) is 4.77. The maximum absolute atomic E-state index is 10.6. The molecular weight excluding hydrogens is 148 g/mol. The van der Waals surface area contributed by atoms with Gasteiger partial charge in [-0.05, 0) is 0 Å². The van der Waals surface area contributed by atoms with Crippen LogP contribution in [-0.4, -0.2) is 25.8 Å². The fourth-order valence-electron chi connectivity index (χ4n) is 0.653. The molecule has 0 amide bonds. The summed E-state index contributed by atoms with van der Waals surface area (Å²) in [6, 6.07) is 0. The largest absolute Gasteiger partial charge is 0.337 e. The Labute approximate surface area is 62.5 Å². The van der Waals surface area contributed by atoms with Crippen molar-refractivity contribution in [2.75, 3.05) is 12.0 Å². The molecule has 0 spiro atoms. The summed E-state index contributed by atoms with van der Waals surface area (Å²) in [5.74, 6) is 0.705. The smallest absolute Gasteiger partial charge is 0.0946 e. The topological polar surface area (TPSA) is 34.9 Å². The Balaban J connectivity index is 2.35. The van der Waals surface area contributed by atoms with Crippen LogP contribution in [-0.2, 0) is 17.3 Å². The molecule has 1 aromatic rings. The van der Waals surface area contributed by atoms with Gasteiger partial charge in [0.15, 0.2) is 0 Å². The van der Waals surface area contributed by atoms with Crippen LogP contribution in [0.25, 0.3) is 0 Å². The predicted molar refractivity (Wildman–Crippen MR) is 41.2 cm³/mol. The Morgan fingerprint density at radius 1 is 1.70 bits per heavy atom. The zero-order chi connectivity index (χ0) is 7.40. The number of nitrogens with zero attached hydrogens (tertiary/aromatic N) is 2. The van der Waals surface area contributed by atoms with E-state index in [0.717, 1.165) is 6.54 Å². The zero-order valence-corrected chi connectivity index (χ0v) is 6.67. The third-order valence-electron chi connectivity index (χ3n) is 1.20. The molecule has 0 saturated carbocycles. The molecule has 0 bridgehead atoms. The second kappa shape index (κ2) is 3.51. The molecular formula is C6H10N2OS. The van der Waals surface area contributed by atoms with Crippen molar-refractivity contribution in [2.45, 2.75) is 6.54 Å². The van der Waals surface area contributed by atoms with E-state index in [1.807, 2.05) is 10.8 Å². The molecule has 1 unspecified atom stereocenters. The van der Waals surface area contributed by atoms with E-state index in [1.165, 1.54) is 0 Å². The molecule has 3 nitrogen and oxygen atoms in total. The molecule has 0 N–H and O–H groups in total. The van der Waals surface area contributed by atoms with E-state index >= 15 is 0 Å². The van der Waals surface area contributed by atoms with Crippen molar-refractivity contribution in [1.29, 1.82) is 0 Å². The number of imidazole rings is 1. The van der Waals surface area contributed by atoms with Gasteiger partial charge in [-0.3, -0.25) is 4.21 Å². The Morgan fingerprint density at radius 3 is 3.00 bits per heavy atom. The van der Waals surface area contributed by atoms with Crippen LogP contribution in [0, 0.1) is 0 Å². The quantitative estimate of drug-likeness (QED) is 0.632. The molecule has 0 fully saturated rings. The van der Waals surface area contributed by atoms with Gasteiger partial charge in [0.25, 0.3) is 0 Å². The SMILES string of the molecule is CS(=O)CCn1ccnc1. The van der Waals surface area contributed by atoms with E-state index in [-0.39, 0.29) is 0 Å². The third-order valence-corrected chi connectivity index (χ3v) is 1.95. The minimum Gasteiger partial charge on any atom is -0.337 e. The van der Waals surface area contributed by atoms with E-state index in [1.54, 1.807) is 18.8 Å². The summed E-state index contributed by atoms with van der Waals surface area (Å²) in [6.45, 7) is 0.795. The molecule has 0 aliphatic rings. The fourth-order valence-corrected chi connectivity index (χ4v) is 1.12. The molecule has 0 aliphatic carbocycles. The maximum atomic E-state index is 10.6. The number of hydrogen-bond donors (Lipinski definition) is 0. The summed E-state index contributed by atoms with van der Waals surface area (Å²) < 4.78 is 12.5. The van der Waals surface area contributed by atoms with Crippen LogP contribution >= 0.6 is 0 Å². The molecule has 0 radical (unpaired) electrons. The van der Waals surface area contributed by atoms with Gasteiger partial charge in [0, 0.05) is 41.7 Å². The number of rotatable bonds is 3. The van der Waals surface area contributed by atoms with Gasteiger partial charge in [-0.25, -0.2) is 4.98 Å². The first-order chi connectivity index (χ1) is 4.79. The number of hydrogen-bond acceptors (Lipinski definition) is 2. The van der Waals surface area contributed by atoms with Gasteiger partial charge >= 0.3 is 0 Å². The lowest BCUT2D eigenvalue weighted by Gasteiger charge is -1.96. The highest BCUT2D eigenvalue weighted by molar-refractivity contribution is 7.84. The van der Waals surface area contributed by atoms with Crippen molar-refractivity contribution in [3.8, 4) is 0 Å². The van der Waals surface area contributed by atoms with Gasteiger partial charge in [-0.2, -0.15) is 0 Å². The Kier molecular flexibility index (Phi) is 2.62. The monoisotopic (exact) mass is 158 g/mol. The summed E-state index contributed by atoms with van der Waals surface area (Å²) in [5.41, 5.74) is 0. The van der Waals surface area contributed by atoms with Gasteiger partial charge in [0.05, 0.1) is 6.33 Å². The number of aryl methyl sites for hydroxylation is 1. The van der Waals surface area contributed by atoms with Gasteiger partial charge in [-0.15, -0.1) is 0 Å². The molecule has 0 saturated heterocycles. The van der Waals surface area contributed by atoms with Crippen molar-refractivity contribution in [3.63, 3.8) is 0 Å². The lowest BCUT2D eigenvalue weighted by atomic mass is 10.7. The lowest BCUT2D eigenvalue weighted by Crippen LogP contribution is -2.03. The van der Waals surface area contributed by atoms with Crippen molar-refractivity contribution in [2.24, 2.45) is 0 Å². The summed E-state index contributed by atoms with van der Waals surface area (Å²) in [6.07, 6.45) is 7.02. The van der Waals surface area contributed by atoms with E-state index in [4.69, 9.17) is 0 Å². The van der Waals surface area contributed by atoms with E-state index in [2.05, 4.69) is 4.98 Å². The normalized spacial score (nSPS) is 13.3. The summed E-state index contributed by atoms with van der Waals surface area (Å²) in [7, 11) is -0.699. The Bertz CT molecular complexity index is 208. The van der Waals surface area contributed by atoms with Crippen molar-refractivity contribution in [1.82, 2.24) is 9.55 Å². The maximum Gasteiger partial charge on any atom is 0.0946 e. The molecule has 10 heavy (non-hydrogen) atoms. The summed E-state index contributed by atoms with van der Waals surface area (Å²) in [5, 5.41) is 0. The second-order valence-electron chi connectivity index (χ2n) is 2.08. The zero-order valence-electron chi connectivity index (χ0n) is 5.86. The minimum absolute atomic E-state index is 0.699.